The van der Waals surface area contributed by atoms with Gasteiger partial charge in [-0.2, -0.15) is 6.42 Å². The van der Waals surface area contributed by atoms with Gasteiger partial charge in [0.1, 0.15) is 0 Å². The third-order valence-corrected chi connectivity index (χ3v) is 6.15. The van der Waals surface area contributed by atoms with E-state index in [0.29, 0.717) is 0 Å². The summed E-state index contributed by atoms with van der Waals surface area (Å²) in [4.78, 5) is 5.49. The Morgan fingerprint density at radius 1 is 1.13 bits per heavy atom. The van der Waals surface area contributed by atoms with Crippen LogP contribution in [0.4, 0.5) is 0 Å². The maximum absolute atomic E-state index is 6.20. The Morgan fingerprint density at radius 2 is 1.94 bits per heavy atom. The normalized spacial score (nSPS) is 10.4. The van der Waals surface area contributed by atoms with Gasteiger partial charge in [-0.1, -0.05) is 72.4 Å². The second kappa shape index (κ2) is 18.4. The van der Waals surface area contributed by atoms with Crippen molar-refractivity contribution in [2.24, 2.45) is 4.99 Å². The van der Waals surface area contributed by atoms with Crippen LogP contribution >= 0.6 is 34.9 Å². The Bertz CT molecular complexity index is 872. The van der Waals surface area contributed by atoms with Crippen LogP contribution in [0.25, 0.3) is 10.1 Å². The van der Waals surface area contributed by atoms with Gasteiger partial charge in [-0.25, -0.2) is 0 Å². The Labute approximate surface area is 243 Å². The molecule has 162 valence electrons. The summed E-state index contributed by atoms with van der Waals surface area (Å²) >= 11 is 9.67. The molecule has 0 aliphatic rings. The van der Waals surface area contributed by atoms with Crippen LogP contribution < -0.4 is 61.4 Å². The molecule has 0 fully saturated rings. The van der Waals surface area contributed by atoms with Crippen LogP contribution in [0.3, 0.4) is 0 Å². The predicted octanol–water partition coefficient (Wildman–Crippen LogP) is 3.73. The summed E-state index contributed by atoms with van der Waals surface area (Å²) in [5, 5.41) is 5.43. The van der Waals surface area contributed by atoms with Gasteiger partial charge >= 0.3 is 51.4 Å². The molecule has 31 heavy (non-hydrogen) atoms. The van der Waals surface area contributed by atoms with E-state index in [9.17, 15) is 0 Å². The fourth-order valence-corrected chi connectivity index (χ4v) is 4.36. The largest absolute Gasteiger partial charge is 1.00 e. The van der Waals surface area contributed by atoms with Crippen molar-refractivity contribution < 1.29 is 51.4 Å². The Morgan fingerprint density at radius 3 is 2.61 bits per heavy atom. The zero-order valence-corrected chi connectivity index (χ0v) is 24.1. The minimum atomic E-state index is 0. The van der Waals surface area contributed by atoms with Gasteiger partial charge in [0.15, 0.2) is 0 Å². The number of nitrogens with one attached hydrogen (secondary N) is 2. The van der Waals surface area contributed by atoms with Crippen LogP contribution in [0.5, 0.6) is 0 Å². The van der Waals surface area contributed by atoms with E-state index in [1.165, 1.54) is 15.1 Å². The molecular formula is C24H30ClKN3S2-. The Hall–Kier alpha value is 0.00636. The quantitative estimate of drug-likeness (QED) is 0.139. The number of aryl methyl sites for hydroxylation is 1. The van der Waals surface area contributed by atoms with Crippen molar-refractivity contribution >= 4 is 51.2 Å². The Kier molecular flexibility index (Phi) is 17.3. The zero-order valence-electron chi connectivity index (χ0n) is 18.6. The van der Waals surface area contributed by atoms with E-state index < -0.39 is 0 Å². The summed E-state index contributed by atoms with van der Waals surface area (Å²) in [5.74, 6) is 0.878. The van der Waals surface area contributed by atoms with Crippen molar-refractivity contribution in [3.8, 4) is 0 Å². The molecule has 0 saturated heterocycles. The molecule has 2 aromatic carbocycles. The molecule has 7 heteroatoms. The van der Waals surface area contributed by atoms with Crippen molar-refractivity contribution in [2.45, 2.75) is 26.8 Å². The average Bonchev–Trinajstić information content (AvgIpc) is 3.17. The summed E-state index contributed by atoms with van der Waals surface area (Å²) in [6.07, 6.45) is 4.92. The molecule has 2 N–H and O–H groups in total. The number of nitrogens with zero attached hydrogens (tertiary/aromatic N) is 1. The summed E-state index contributed by atoms with van der Waals surface area (Å²) in [5.41, 5.74) is 1.32. The van der Waals surface area contributed by atoms with Crippen molar-refractivity contribution in [2.75, 3.05) is 18.8 Å². The number of unbranched alkanes of at least 4 members (excludes halogenated alkanes) is 1. The zero-order chi connectivity index (χ0) is 21.4. The molecule has 1 aromatic heterocycles. The third kappa shape index (κ3) is 12.7. The van der Waals surface area contributed by atoms with E-state index >= 15 is 0 Å². The topological polar surface area (TPSA) is 36.4 Å². The third-order valence-electron chi connectivity index (χ3n) is 4.00. The van der Waals surface area contributed by atoms with Crippen LogP contribution in [-0.2, 0) is 6.54 Å². The van der Waals surface area contributed by atoms with Crippen LogP contribution in [0, 0.1) is 19.9 Å². The minimum absolute atomic E-state index is 0. The van der Waals surface area contributed by atoms with E-state index in [1.807, 2.05) is 49.5 Å². The minimum Gasteiger partial charge on any atom is -0.487 e. The smallest absolute Gasteiger partial charge is 0.487 e. The first kappa shape index (κ1) is 29.0. The number of fused-ring (bicyclic) bond motifs is 1. The fourth-order valence-electron chi connectivity index (χ4n) is 2.49. The molecule has 0 atom stereocenters. The first-order valence-electron chi connectivity index (χ1n) is 10.1. The summed E-state index contributed by atoms with van der Waals surface area (Å²) in [7, 11) is 0. The SMILES string of the molecule is CC[CH-]C=N[CH-]CSNCCNCc1cc2c(Cl)cccc2s1.Cc1ccccc1.[K+]. The van der Waals surface area contributed by atoms with Crippen LogP contribution in [0.15, 0.2) is 59.6 Å². The number of rotatable bonds is 11. The van der Waals surface area contributed by atoms with E-state index in [0.717, 1.165) is 42.2 Å². The molecule has 0 spiro atoms. The molecule has 3 rings (SSSR count). The maximum Gasteiger partial charge on any atom is 1.00 e. The van der Waals surface area contributed by atoms with Crippen molar-refractivity contribution in [3.63, 3.8) is 0 Å². The summed E-state index contributed by atoms with van der Waals surface area (Å²) in [6, 6.07) is 18.5. The monoisotopic (exact) mass is 498 g/mol. The van der Waals surface area contributed by atoms with Gasteiger partial charge < -0.3 is 16.7 Å². The van der Waals surface area contributed by atoms with E-state index in [-0.39, 0.29) is 51.4 Å². The Balaban J connectivity index is 0.000000510. The maximum atomic E-state index is 6.20. The molecule has 1 heterocycles. The number of benzene rings is 2. The van der Waals surface area contributed by atoms with Crippen LogP contribution in [-0.4, -0.2) is 25.1 Å². The van der Waals surface area contributed by atoms with Crippen LogP contribution in [0.1, 0.15) is 23.8 Å². The fraction of sp³-hybridized carbons (Fsp3) is 0.292. The number of thiophene rings is 1. The molecule has 0 radical (unpaired) electrons. The standard InChI is InChI=1S/C17H22ClN3S2.C7H8.K/c1-2-3-7-19-10-11-22-21-9-8-20-13-14-12-15-16(18)5-4-6-17(15)23-14;1-7-5-3-2-4-6-7;/h3-7,10,12,20-21H,2,8-9,11,13H2,1H3;2-6H,1H3;/q-2;;+1. The molecule has 0 unspecified atom stereocenters. The predicted molar refractivity (Wildman–Crippen MR) is 138 cm³/mol. The number of hydrogen-bond donors (Lipinski definition) is 2. The molecule has 0 amide bonds. The first-order chi connectivity index (χ1) is 14.7. The second-order valence-electron chi connectivity index (χ2n) is 6.53. The van der Waals surface area contributed by atoms with Gasteiger partial charge in [0.25, 0.3) is 0 Å². The molecule has 0 bridgehead atoms. The van der Waals surface area contributed by atoms with Gasteiger partial charge in [0.05, 0.1) is 0 Å². The van der Waals surface area contributed by atoms with E-state index in [2.05, 4.69) is 53.1 Å². The number of aliphatic imine (C=N–C) groups is 1. The molecule has 3 aromatic rings. The number of hydrogen-bond acceptors (Lipinski definition) is 5. The van der Waals surface area contributed by atoms with Crippen molar-refractivity contribution in [1.82, 2.24) is 10.0 Å². The van der Waals surface area contributed by atoms with Gasteiger partial charge in [-0.3, -0.25) is 10.9 Å². The first-order valence-corrected chi connectivity index (χ1v) is 12.3. The van der Waals surface area contributed by atoms with Gasteiger partial charge in [0.2, 0.25) is 0 Å². The van der Waals surface area contributed by atoms with Crippen LogP contribution in [0.2, 0.25) is 5.02 Å². The molecule has 0 aliphatic carbocycles. The van der Waals surface area contributed by atoms with Crippen molar-refractivity contribution in [1.29, 1.82) is 0 Å². The van der Waals surface area contributed by atoms with E-state index in [1.54, 1.807) is 23.3 Å². The average molecular weight is 499 g/mol. The molecule has 3 nitrogen and oxygen atoms in total. The van der Waals surface area contributed by atoms with E-state index in [4.69, 9.17) is 11.6 Å². The van der Waals surface area contributed by atoms with Gasteiger partial charge in [0, 0.05) is 39.6 Å². The van der Waals surface area contributed by atoms with Gasteiger partial charge in [-0.05, 0) is 30.9 Å². The summed E-state index contributed by atoms with van der Waals surface area (Å²) in [6.45, 7) is 8.84. The molecule has 0 saturated carbocycles. The van der Waals surface area contributed by atoms with Crippen molar-refractivity contribution in [3.05, 3.63) is 83.0 Å². The molecular weight excluding hydrogens is 469 g/mol. The molecule has 0 aliphatic heterocycles. The number of halogens is 1. The second-order valence-corrected chi connectivity index (χ2v) is 9.01. The van der Waals surface area contributed by atoms with Gasteiger partial charge in [-0.15, -0.1) is 17.9 Å². The summed E-state index contributed by atoms with van der Waals surface area (Å²) < 4.78 is 4.57.